The minimum Gasteiger partial charge on any atom is -0.381 e. The van der Waals surface area contributed by atoms with Crippen LogP contribution < -0.4 is 5.32 Å². The van der Waals surface area contributed by atoms with E-state index >= 15 is 0 Å². The Bertz CT molecular complexity index is 513. The summed E-state index contributed by atoms with van der Waals surface area (Å²) >= 11 is 3.48. The smallest absolute Gasteiger partial charge is 0.0733 e. The van der Waals surface area contributed by atoms with E-state index in [9.17, 15) is 0 Å². The normalized spacial score (nSPS) is 10.3. The monoisotopic (exact) mass is 305 g/mol. The second-order valence-corrected chi connectivity index (χ2v) is 4.99. The Hall–Kier alpha value is -1.32. The zero-order valence-corrected chi connectivity index (χ0v) is 11.9. The molecule has 1 N–H and O–H groups in total. The van der Waals surface area contributed by atoms with Gasteiger partial charge in [-0.3, -0.25) is 0 Å². The van der Waals surface area contributed by atoms with Gasteiger partial charge in [0.25, 0.3) is 0 Å². The molecule has 0 saturated carbocycles. The molecule has 2 aromatic carbocycles. The lowest BCUT2D eigenvalue weighted by molar-refractivity contribution is 0.185. The number of nitrogens with one attached hydrogen (secondary N) is 1. The van der Waals surface area contributed by atoms with E-state index in [2.05, 4.69) is 45.5 Å². The molecule has 0 aliphatic carbocycles. The van der Waals surface area contributed by atoms with E-state index in [0.717, 1.165) is 16.7 Å². The van der Waals surface area contributed by atoms with E-state index in [1.54, 1.807) is 7.11 Å². The SMILES string of the molecule is COCc1ccccc1NCc1cccc(Br)c1. The van der Waals surface area contributed by atoms with Crippen LogP contribution in [0.15, 0.2) is 53.0 Å². The molecule has 3 heteroatoms. The summed E-state index contributed by atoms with van der Waals surface area (Å²) in [7, 11) is 1.71. The first kappa shape index (κ1) is 13.1. The van der Waals surface area contributed by atoms with Crippen molar-refractivity contribution in [2.45, 2.75) is 13.2 Å². The van der Waals surface area contributed by atoms with Gasteiger partial charge in [-0.1, -0.05) is 46.3 Å². The molecule has 0 saturated heterocycles. The van der Waals surface area contributed by atoms with E-state index < -0.39 is 0 Å². The van der Waals surface area contributed by atoms with Gasteiger partial charge in [0.15, 0.2) is 0 Å². The Balaban J connectivity index is 2.06. The molecule has 0 atom stereocenters. The number of methoxy groups -OCH3 is 1. The van der Waals surface area contributed by atoms with Gasteiger partial charge >= 0.3 is 0 Å². The largest absolute Gasteiger partial charge is 0.381 e. The van der Waals surface area contributed by atoms with Gasteiger partial charge in [0.05, 0.1) is 6.61 Å². The van der Waals surface area contributed by atoms with Crippen molar-refractivity contribution >= 4 is 21.6 Å². The van der Waals surface area contributed by atoms with Crippen LogP contribution in [0.1, 0.15) is 11.1 Å². The first-order chi connectivity index (χ1) is 8.79. The second-order valence-electron chi connectivity index (χ2n) is 4.07. The van der Waals surface area contributed by atoms with Gasteiger partial charge in [-0.25, -0.2) is 0 Å². The van der Waals surface area contributed by atoms with Gasteiger partial charge in [0.1, 0.15) is 0 Å². The highest BCUT2D eigenvalue weighted by molar-refractivity contribution is 9.10. The molecular formula is C15H16BrNO. The average molecular weight is 306 g/mol. The molecule has 2 rings (SSSR count). The highest BCUT2D eigenvalue weighted by Gasteiger charge is 2.01. The number of hydrogen-bond donors (Lipinski definition) is 1. The number of hydrogen-bond acceptors (Lipinski definition) is 2. The highest BCUT2D eigenvalue weighted by Crippen LogP contribution is 2.18. The van der Waals surface area contributed by atoms with Crippen LogP contribution in [0.5, 0.6) is 0 Å². The molecule has 0 aliphatic heterocycles. The summed E-state index contributed by atoms with van der Waals surface area (Å²) in [5.74, 6) is 0. The molecule has 0 unspecified atom stereocenters. The van der Waals surface area contributed by atoms with Crippen molar-refractivity contribution in [3.05, 3.63) is 64.1 Å². The highest BCUT2D eigenvalue weighted by atomic mass is 79.9. The van der Waals surface area contributed by atoms with Crippen LogP contribution in [0.4, 0.5) is 5.69 Å². The lowest BCUT2D eigenvalue weighted by Gasteiger charge is -2.11. The van der Waals surface area contributed by atoms with E-state index in [1.807, 2.05) is 24.3 Å². The Labute approximate surface area is 116 Å². The van der Waals surface area contributed by atoms with Crippen LogP contribution in [0.25, 0.3) is 0 Å². The minimum absolute atomic E-state index is 0.627. The molecule has 0 bridgehead atoms. The fourth-order valence-corrected chi connectivity index (χ4v) is 2.26. The molecular weight excluding hydrogens is 290 g/mol. The zero-order chi connectivity index (χ0) is 12.8. The molecule has 0 radical (unpaired) electrons. The Morgan fingerprint density at radius 3 is 2.72 bits per heavy atom. The van der Waals surface area contributed by atoms with Crippen molar-refractivity contribution in [2.75, 3.05) is 12.4 Å². The third-order valence-corrected chi connectivity index (χ3v) is 3.18. The average Bonchev–Trinajstić information content (AvgIpc) is 2.38. The lowest BCUT2D eigenvalue weighted by atomic mass is 10.1. The summed E-state index contributed by atoms with van der Waals surface area (Å²) < 4.78 is 6.30. The van der Waals surface area contributed by atoms with E-state index in [1.165, 1.54) is 11.1 Å². The first-order valence-corrected chi connectivity index (χ1v) is 6.64. The molecule has 2 aromatic rings. The van der Waals surface area contributed by atoms with Gasteiger partial charge in [-0.05, 0) is 23.8 Å². The van der Waals surface area contributed by atoms with Gasteiger partial charge < -0.3 is 10.1 Å². The molecule has 94 valence electrons. The van der Waals surface area contributed by atoms with Crippen molar-refractivity contribution < 1.29 is 4.74 Å². The van der Waals surface area contributed by atoms with Crippen LogP contribution in [0, 0.1) is 0 Å². The van der Waals surface area contributed by atoms with Crippen LogP contribution in [0.2, 0.25) is 0 Å². The third kappa shape index (κ3) is 3.59. The van der Waals surface area contributed by atoms with Crippen molar-refractivity contribution in [3.63, 3.8) is 0 Å². The summed E-state index contributed by atoms with van der Waals surface area (Å²) in [5, 5.41) is 3.44. The maximum Gasteiger partial charge on any atom is 0.0733 e. The fourth-order valence-electron chi connectivity index (χ4n) is 1.82. The van der Waals surface area contributed by atoms with Crippen LogP contribution >= 0.6 is 15.9 Å². The van der Waals surface area contributed by atoms with E-state index in [4.69, 9.17) is 4.74 Å². The molecule has 0 spiro atoms. The molecule has 0 fully saturated rings. The number of benzene rings is 2. The zero-order valence-electron chi connectivity index (χ0n) is 10.3. The maximum absolute atomic E-state index is 5.19. The first-order valence-electron chi connectivity index (χ1n) is 5.85. The van der Waals surface area contributed by atoms with E-state index in [-0.39, 0.29) is 0 Å². The van der Waals surface area contributed by atoms with Gasteiger partial charge in [0.2, 0.25) is 0 Å². The molecule has 0 amide bonds. The molecule has 18 heavy (non-hydrogen) atoms. The maximum atomic E-state index is 5.19. The van der Waals surface area contributed by atoms with Gasteiger partial charge in [-0.15, -0.1) is 0 Å². The molecule has 0 aliphatic rings. The summed E-state index contributed by atoms with van der Waals surface area (Å²) in [6.07, 6.45) is 0. The molecule has 0 aromatic heterocycles. The summed E-state index contributed by atoms with van der Waals surface area (Å²) in [4.78, 5) is 0. The molecule has 2 nitrogen and oxygen atoms in total. The predicted octanol–water partition coefficient (Wildman–Crippen LogP) is 4.21. The van der Waals surface area contributed by atoms with Crippen molar-refractivity contribution in [2.24, 2.45) is 0 Å². The molecule has 0 heterocycles. The number of ether oxygens (including phenoxy) is 1. The Kier molecular flexibility index (Phi) is 4.79. The third-order valence-electron chi connectivity index (χ3n) is 2.69. The van der Waals surface area contributed by atoms with Crippen LogP contribution in [-0.4, -0.2) is 7.11 Å². The van der Waals surface area contributed by atoms with Gasteiger partial charge in [-0.2, -0.15) is 0 Å². The Morgan fingerprint density at radius 2 is 1.94 bits per heavy atom. The number of rotatable bonds is 5. The quantitative estimate of drug-likeness (QED) is 0.893. The number of anilines is 1. The van der Waals surface area contributed by atoms with Crippen LogP contribution in [0.3, 0.4) is 0 Å². The van der Waals surface area contributed by atoms with E-state index in [0.29, 0.717) is 6.61 Å². The lowest BCUT2D eigenvalue weighted by Crippen LogP contribution is -2.02. The topological polar surface area (TPSA) is 21.3 Å². The standard InChI is InChI=1S/C15H16BrNO/c1-18-11-13-6-2-3-8-15(13)17-10-12-5-4-7-14(16)9-12/h2-9,17H,10-11H2,1H3. The summed E-state index contributed by atoms with van der Waals surface area (Å²) in [6.45, 7) is 1.43. The summed E-state index contributed by atoms with van der Waals surface area (Å²) in [5.41, 5.74) is 3.55. The van der Waals surface area contributed by atoms with Crippen molar-refractivity contribution in [1.82, 2.24) is 0 Å². The van der Waals surface area contributed by atoms with Crippen LogP contribution in [-0.2, 0) is 17.9 Å². The number of para-hydroxylation sites is 1. The Morgan fingerprint density at radius 1 is 1.11 bits per heavy atom. The van der Waals surface area contributed by atoms with Crippen molar-refractivity contribution in [1.29, 1.82) is 0 Å². The number of halogens is 1. The van der Waals surface area contributed by atoms with Gasteiger partial charge in [0, 0.05) is 29.4 Å². The second kappa shape index (κ2) is 6.57. The summed E-state index contributed by atoms with van der Waals surface area (Å²) in [6, 6.07) is 16.5. The van der Waals surface area contributed by atoms with Crippen molar-refractivity contribution in [3.8, 4) is 0 Å². The fraction of sp³-hybridized carbons (Fsp3) is 0.200. The minimum atomic E-state index is 0.627. The predicted molar refractivity (Wildman–Crippen MR) is 78.6 cm³/mol.